The zero-order valence-electron chi connectivity index (χ0n) is 14.9. The van der Waals surface area contributed by atoms with Crippen molar-refractivity contribution < 1.29 is 30.8 Å². The minimum Gasteiger partial charge on any atom is -0.465 e. The lowest BCUT2D eigenvalue weighted by atomic mass is 10.2. The molecule has 1 saturated heterocycles. The van der Waals surface area contributed by atoms with E-state index in [9.17, 15) is 26.4 Å². The first-order chi connectivity index (χ1) is 13.6. The molecular weight excluding hydrogens is 433 g/mol. The summed E-state index contributed by atoms with van der Waals surface area (Å²) in [7, 11) is -4.24. The van der Waals surface area contributed by atoms with Gasteiger partial charge in [-0.15, -0.1) is 0 Å². The lowest BCUT2D eigenvalue weighted by Crippen LogP contribution is -2.50. The summed E-state index contributed by atoms with van der Waals surface area (Å²) >= 11 is 5.86. The molecule has 156 valence electrons. The molecular formula is C18H16ClF3N2O4S. The van der Waals surface area contributed by atoms with Gasteiger partial charge in [-0.05, 0) is 36.4 Å². The molecule has 0 spiro atoms. The van der Waals surface area contributed by atoms with Gasteiger partial charge in [0.2, 0.25) is 15.9 Å². The van der Waals surface area contributed by atoms with E-state index in [0.717, 1.165) is 16.4 Å². The fourth-order valence-electron chi connectivity index (χ4n) is 2.81. The quantitative estimate of drug-likeness (QED) is 0.671. The fraction of sp³-hybridized carbons (Fsp3) is 0.278. The number of piperazine rings is 1. The molecule has 0 unspecified atom stereocenters. The van der Waals surface area contributed by atoms with Gasteiger partial charge in [0, 0.05) is 32.3 Å². The number of amides is 1. The average Bonchev–Trinajstić information content (AvgIpc) is 3.19. The maximum absolute atomic E-state index is 12.9. The van der Waals surface area contributed by atoms with Crippen molar-refractivity contribution in [3.05, 3.63) is 59.0 Å². The third-order valence-electron chi connectivity index (χ3n) is 4.36. The van der Waals surface area contributed by atoms with Gasteiger partial charge in [0.25, 0.3) is 0 Å². The topological polar surface area (TPSA) is 70.8 Å². The minimum atomic E-state index is -4.69. The summed E-state index contributed by atoms with van der Waals surface area (Å²) < 4.78 is 70.5. The Labute approximate surface area is 170 Å². The summed E-state index contributed by atoms with van der Waals surface area (Å²) in [6.45, 7) is 0.0682. The number of nitrogens with zero attached hydrogens (tertiary/aromatic N) is 2. The Hall–Kier alpha value is -2.30. The summed E-state index contributed by atoms with van der Waals surface area (Å²) in [4.78, 5) is 13.1. The molecule has 0 aliphatic carbocycles. The van der Waals surface area contributed by atoms with Crippen molar-refractivity contribution in [3.8, 4) is 0 Å². The first kappa shape index (κ1) is 21.4. The molecule has 1 amide bonds. The van der Waals surface area contributed by atoms with Gasteiger partial charge in [-0.2, -0.15) is 17.5 Å². The number of carbonyl (C=O) groups is 1. The summed E-state index contributed by atoms with van der Waals surface area (Å²) in [5.41, 5.74) is -1.10. The van der Waals surface area contributed by atoms with Crippen LogP contribution in [-0.2, 0) is 21.0 Å². The predicted molar refractivity (Wildman–Crippen MR) is 99.5 cm³/mol. The lowest BCUT2D eigenvalue weighted by molar-refractivity contribution is -0.137. The van der Waals surface area contributed by atoms with Gasteiger partial charge in [0.05, 0.1) is 16.8 Å². The maximum atomic E-state index is 12.9. The van der Waals surface area contributed by atoms with Gasteiger partial charge in [-0.3, -0.25) is 4.79 Å². The first-order valence-corrected chi connectivity index (χ1v) is 10.3. The van der Waals surface area contributed by atoms with E-state index < -0.39 is 26.7 Å². The standard InChI is InChI=1S/C18H16ClF3N2O4S/c19-15-5-3-13(18(20,21)22)12-16(15)29(26,27)24-9-7-23(8-10-24)17(25)6-4-14-2-1-11-28-14/h1-6,11-12H,7-10H2/b6-4+. The molecule has 29 heavy (non-hydrogen) atoms. The summed E-state index contributed by atoms with van der Waals surface area (Å²) in [5, 5.41) is -0.294. The van der Waals surface area contributed by atoms with Crippen LogP contribution in [0.1, 0.15) is 11.3 Å². The van der Waals surface area contributed by atoms with Crippen LogP contribution < -0.4 is 0 Å². The van der Waals surface area contributed by atoms with Crippen molar-refractivity contribution in [3.63, 3.8) is 0 Å². The highest BCUT2D eigenvalue weighted by Gasteiger charge is 2.35. The van der Waals surface area contributed by atoms with Gasteiger partial charge >= 0.3 is 6.18 Å². The summed E-state index contributed by atoms with van der Waals surface area (Å²) in [6, 6.07) is 5.51. The smallest absolute Gasteiger partial charge is 0.416 e. The Morgan fingerprint density at radius 2 is 1.83 bits per heavy atom. The van der Waals surface area contributed by atoms with Crippen LogP contribution >= 0.6 is 11.6 Å². The van der Waals surface area contributed by atoms with Crippen LogP contribution in [0.5, 0.6) is 0 Å². The molecule has 1 fully saturated rings. The number of furan rings is 1. The van der Waals surface area contributed by atoms with E-state index >= 15 is 0 Å². The van der Waals surface area contributed by atoms with Crippen LogP contribution in [0.25, 0.3) is 6.08 Å². The molecule has 0 bridgehead atoms. The first-order valence-electron chi connectivity index (χ1n) is 8.46. The third-order valence-corrected chi connectivity index (χ3v) is 6.74. The SMILES string of the molecule is O=C(/C=C/c1ccco1)N1CCN(S(=O)(=O)c2cc(C(F)(F)F)ccc2Cl)CC1. The predicted octanol–water partition coefficient (Wildman–Crippen LogP) is 3.50. The van der Waals surface area contributed by atoms with Crippen LogP contribution in [0.15, 0.2) is 52.0 Å². The molecule has 0 saturated carbocycles. The zero-order chi connectivity index (χ0) is 21.2. The Kier molecular flexibility index (Phi) is 6.06. The van der Waals surface area contributed by atoms with Crippen molar-refractivity contribution in [2.24, 2.45) is 0 Å². The molecule has 3 rings (SSSR count). The van der Waals surface area contributed by atoms with Crippen LogP contribution in [0.4, 0.5) is 13.2 Å². The van der Waals surface area contributed by atoms with E-state index in [1.807, 2.05) is 0 Å². The van der Waals surface area contributed by atoms with Crippen LogP contribution in [-0.4, -0.2) is 49.7 Å². The number of halogens is 4. The molecule has 0 N–H and O–H groups in total. The van der Waals surface area contributed by atoms with Crippen molar-refractivity contribution in [1.82, 2.24) is 9.21 Å². The van der Waals surface area contributed by atoms with E-state index in [1.165, 1.54) is 23.3 Å². The highest BCUT2D eigenvalue weighted by molar-refractivity contribution is 7.89. The van der Waals surface area contributed by atoms with E-state index in [1.54, 1.807) is 12.1 Å². The molecule has 1 aromatic carbocycles. The Balaban J connectivity index is 1.71. The van der Waals surface area contributed by atoms with Crippen LogP contribution in [0.3, 0.4) is 0 Å². The van der Waals surface area contributed by atoms with Crippen molar-refractivity contribution in [2.45, 2.75) is 11.1 Å². The van der Waals surface area contributed by atoms with Gasteiger partial charge in [-0.25, -0.2) is 8.42 Å². The molecule has 0 atom stereocenters. The van der Waals surface area contributed by atoms with Gasteiger partial charge in [-0.1, -0.05) is 11.6 Å². The monoisotopic (exact) mass is 448 g/mol. The summed E-state index contributed by atoms with van der Waals surface area (Å²) in [6.07, 6.45) is -0.423. The molecule has 2 heterocycles. The number of benzene rings is 1. The number of sulfonamides is 1. The lowest BCUT2D eigenvalue weighted by Gasteiger charge is -2.33. The molecule has 1 aliphatic heterocycles. The normalized spacial score (nSPS) is 16.5. The second-order valence-electron chi connectivity index (χ2n) is 6.22. The number of hydrogen-bond acceptors (Lipinski definition) is 4. The average molecular weight is 449 g/mol. The van der Waals surface area contributed by atoms with E-state index in [-0.39, 0.29) is 37.1 Å². The minimum absolute atomic E-state index is 0.0603. The molecule has 6 nitrogen and oxygen atoms in total. The van der Waals surface area contributed by atoms with Crippen LogP contribution in [0.2, 0.25) is 5.02 Å². The third kappa shape index (κ3) is 4.82. The highest BCUT2D eigenvalue weighted by Crippen LogP contribution is 2.34. The molecule has 1 aliphatic rings. The highest BCUT2D eigenvalue weighted by atomic mass is 35.5. The van der Waals surface area contributed by atoms with E-state index in [0.29, 0.717) is 11.8 Å². The number of rotatable bonds is 4. The Bertz CT molecular complexity index is 1010. The van der Waals surface area contributed by atoms with Crippen molar-refractivity contribution in [2.75, 3.05) is 26.2 Å². The molecule has 2 aromatic rings. The molecule has 11 heteroatoms. The second kappa shape index (κ2) is 8.21. The Morgan fingerprint density at radius 3 is 2.41 bits per heavy atom. The van der Waals surface area contributed by atoms with E-state index in [2.05, 4.69) is 0 Å². The number of carbonyl (C=O) groups excluding carboxylic acids is 1. The van der Waals surface area contributed by atoms with Gasteiger partial charge in [0.15, 0.2) is 0 Å². The number of alkyl halides is 3. The van der Waals surface area contributed by atoms with Gasteiger partial charge in [0.1, 0.15) is 10.7 Å². The number of hydrogen-bond donors (Lipinski definition) is 0. The molecule has 0 radical (unpaired) electrons. The zero-order valence-corrected chi connectivity index (χ0v) is 16.5. The summed E-state index contributed by atoms with van der Waals surface area (Å²) in [5.74, 6) is 0.175. The molecule has 1 aromatic heterocycles. The largest absolute Gasteiger partial charge is 0.465 e. The maximum Gasteiger partial charge on any atom is 0.416 e. The van der Waals surface area contributed by atoms with Crippen molar-refractivity contribution in [1.29, 1.82) is 0 Å². The van der Waals surface area contributed by atoms with Gasteiger partial charge < -0.3 is 9.32 Å². The fourth-order valence-corrected chi connectivity index (χ4v) is 4.73. The van der Waals surface area contributed by atoms with Crippen LogP contribution in [0, 0.1) is 0 Å². The second-order valence-corrected chi connectivity index (χ2v) is 8.53. The Morgan fingerprint density at radius 1 is 1.14 bits per heavy atom. The van der Waals surface area contributed by atoms with Crippen molar-refractivity contribution >= 4 is 33.6 Å². The van der Waals surface area contributed by atoms with E-state index in [4.69, 9.17) is 16.0 Å².